The summed E-state index contributed by atoms with van der Waals surface area (Å²) in [6.07, 6.45) is 0. The van der Waals surface area contributed by atoms with Gasteiger partial charge in [0.25, 0.3) is 0 Å². The minimum atomic E-state index is -1.38. The lowest BCUT2D eigenvalue weighted by Gasteiger charge is -2.18. The van der Waals surface area contributed by atoms with Crippen molar-refractivity contribution in [1.82, 2.24) is 9.13 Å². The number of aromatic nitrogens is 2. The van der Waals surface area contributed by atoms with Gasteiger partial charge in [-0.3, -0.25) is 0 Å². The second-order valence-electron chi connectivity index (χ2n) is 26.1. The Kier molecular flexibility index (Phi) is 16.0. The van der Waals surface area contributed by atoms with Gasteiger partial charge in [-0.25, -0.2) is 0 Å². The summed E-state index contributed by atoms with van der Waals surface area (Å²) < 4.78 is 5.87. The Bertz CT molecular complexity index is 6490. The van der Waals surface area contributed by atoms with Gasteiger partial charge < -0.3 is 19.2 Å². The van der Waals surface area contributed by atoms with E-state index in [0.29, 0.717) is 5.46 Å². The fraction of sp³-hybridized carbons (Fsp3) is 0. The Morgan fingerprint density at radius 2 is 0.500 bits per heavy atom. The highest BCUT2D eigenvalue weighted by molar-refractivity contribution is 9.10. The predicted molar refractivity (Wildman–Crippen MR) is 438 cm³/mol. The average molecular weight is 1370 g/mol. The zero-order valence-corrected chi connectivity index (χ0v) is 57.1. The van der Waals surface area contributed by atoms with Crippen molar-refractivity contribution >= 4 is 137 Å². The van der Waals surface area contributed by atoms with Crippen LogP contribution in [-0.4, -0.2) is 26.3 Å². The van der Waals surface area contributed by atoms with Gasteiger partial charge >= 0.3 is 7.12 Å². The Morgan fingerprint density at radius 3 is 0.922 bits per heavy atom. The van der Waals surface area contributed by atoms with Crippen LogP contribution in [0.5, 0.6) is 0 Å². The molecule has 0 spiro atoms. The van der Waals surface area contributed by atoms with Gasteiger partial charge in [-0.15, -0.1) is 0 Å². The van der Waals surface area contributed by atoms with Gasteiger partial charge in [0.05, 0.1) is 22.1 Å². The Hall–Kier alpha value is -12.4. The molecule has 0 atom stereocenters. The molecule has 0 bridgehead atoms. The molecule has 20 aromatic rings. The van der Waals surface area contributed by atoms with Crippen molar-refractivity contribution in [2.45, 2.75) is 0 Å². The topological polar surface area (TPSA) is 50.3 Å². The molecule has 0 fully saturated rings. The van der Waals surface area contributed by atoms with Crippen LogP contribution in [0, 0.1) is 0 Å². The molecule has 480 valence electrons. The molecule has 20 rings (SSSR count). The number of fused-ring (bicyclic) bond motifs is 12. The van der Waals surface area contributed by atoms with E-state index < -0.39 is 7.12 Å². The van der Waals surface area contributed by atoms with Crippen LogP contribution in [0.2, 0.25) is 0 Å². The molecule has 0 saturated heterocycles. The number of nitrogens with zero attached hydrogens (tertiary/aromatic N) is 2. The van der Waals surface area contributed by atoms with Crippen LogP contribution >= 0.6 is 15.9 Å². The molecule has 102 heavy (non-hydrogen) atoms. The lowest BCUT2D eigenvalue weighted by molar-refractivity contribution is 0.426. The molecule has 0 aliphatic rings. The second kappa shape index (κ2) is 26.4. The molecule has 0 aliphatic carbocycles. The van der Waals surface area contributed by atoms with Crippen LogP contribution in [0.15, 0.2) is 381 Å². The summed E-state index contributed by atoms with van der Waals surface area (Å²) in [6, 6.07) is 135. The minimum Gasteiger partial charge on any atom is -0.423 e. The summed E-state index contributed by atoms with van der Waals surface area (Å²) in [5.41, 5.74) is 20.2. The van der Waals surface area contributed by atoms with E-state index in [9.17, 15) is 0 Å². The third kappa shape index (κ3) is 11.1. The average Bonchev–Trinajstić information content (AvgIpc) is 1.15. The van der Waals surface area contributed by atoms with Crippen LogP contribution in [0.4, 0.5) is 0 Å². The number of halogens is 1. The van der Waals surface area contributed by atoms with Crippen molar-refractivity contribution < 1.29 is 10.0 Å². The summed E-state index contributed by atoms with van der Waals surface area (Å²) in [6.45, 7) is 0. The molecule has 6 heteroatoms. The predicted octanol–water partition coefficient (Wildman–Crippen LogP) is 25.0. The van der Waals surface area contributed by atoms with Crippen LogP contribution in [0.1, 0.15) is 0 Å². The molecule has 0 aliphatic heterocycles. The molecular weight excluding hydrogens is 1300 g/mol. The van der Waals surface area contributed by atoms with E-state index in [0.717, 1.165) is 26.6 Å². The van der Waals surface area contributed by atoms with E-state index in [4.69, 9.17) is 10.0 Å². The largest absolute Gasteiger partial charge is 0.488 e. The summed E-state index contributed by atoms with van der Waals surface area (Å²) in [7, 11) is -1.38. The highest BCUT2D eigenvalue weighted by Crippen LogP contribution is 2.47. The van der Waals surface area contributed by atoms with Crippen LogP contribution in [-0.2, 0) is 0 Å². The molecule has 0 saturated carbocycles. The molecule has 2 N–H and O–H groups in total. The summed E-state index contributed by atoms with van der Waals surface area (Å²) >= 11 is 3.67. The lowest BCUT2D eigenvalue weighted by Crippen LogP contribution is -2.29. The van der Waals surface area contributed by atoms with Crippen molar-refractivity contribution in [1.29, 1.82) is 0 Å². The van der Waals surface area contributed by atoms with Crippen molar-refractivity contribution in [3.05, 3.63) is 381 Å². The first-order valence-electron chi connectivity index (χ1n) is 34.6. The van der Waals surface area contributed by atoms with E-state index >= 15 is 0 Å². The number of rotatable bonds is 8. The number of hydrogen-bond donors (Lipinski definition) is 2. The van der Waals surface area contributed by atoms with Crippen molar-refractivity contribution in [3.8, 4) is 67.0 Å². The first-order valence-corrected chi connectivity index (χ1v) is 35.4. The normalized spacial score (nSPS) is 11.5. The SMILES string of the molecule is Brc1ccc2c(c1)c1ccccc1n2-c1ccc(-c2c3ccccc3c(-c3ccccc3)c3ccccc23)cc1.OB(O)c1ccc2ccccc2c1.c1ccc(-c2c3ccccc3c(-c3ccc(-n4c5ccccc5c5cc(-c6ccc7ccccc7c6)ccc54)cc3)c3ccccc23)cc1. The third-order valence-corrected chi connectivity index (χ3v) is 20.8. The number of para-hydroxylation sites is 2. The van der Waals surface area contributed by atoms with Crippen LogP contribution < -0.4 is 5.46 Å². The van der Waals surface area contributed by atoms with Crippen LogP contribution in [0.25, 0.3) is 175 Å². The van der Waals surface area contributed by atoms with Gasteiger partial charge in [-0.2, -0.15) is 0 Å². The molecule has 2 aromatic heterocycles. The zero-order chi connectivity index (χ0) is 68.2. The van der Waals surface area contributed by atoms with Gasteiger partial charge in [0.15, 0.2) is 0 Å². The van der Waals surface area contributed by atoms with Gasteiger partial charge in [0.2, 0.25) is 0 Å². The first kappa shape index (κ1) is 61.9. The van der Waals surface area contributed by atoms with Gasteiger partial charge in [-0.1, -0.05) is 319 Å². The molecular formula is C96H64BBrN2O2. The Morgan fingerprint density at radius 1 is 0.206 bits per heavy atom. The summed E-state index contributed by atoms with van der Waals surface area (Å²) in [4.78, 5) is 0. The maximum absolute atomic E-state index is 8.94. The Labute approximate surface area is 599 Å². The second-order valence-corrected chi connectivity index (χ2v) is 27.1. The van der Waals surface area contributed by atoms with Gasteiger partial charge in [-0.05, 0) is 199 Å². The lowest BCUT2D eigenvalue weighted by atomic mass is 9.79. The van der Waals surface area contributed by atoms with E-state index in [1.807, 2.05) is 30.3 Å². The smallest absolute Gasteiger partial charge is 0.423 e. The zero-order valence-electron chi connectivity index (χ0n) is 55.5. The highest BCUT2D eigenvalue weighted by atomic mass is 79.9. The van der Waals surface area contributed by atoms with Crippen molar-refractivity contribution in [2.24, 2.45) is 0 Å². The monoisotopic (exact) mass is 1370 g/mol. The highest BCUT2D eigenvalue weighted by Gasteiger charge is 2.21. The molecule has 4 nitrogen and oxygen atoms in total. The fourth-order valence-corrected chi connectivity index (χ4v) is 16.0. The molecule has 0 unspecified atom stereocenters. The molecule has 2 heterocycles. The quantitative estimate of drug-likeness (QED) is 0.118. The first-order chi connectivity index (χ1) is 50.4. The maximum Gasteiger partial charge on any atom is 0.488 e. The molecule has 0 amide bonds. The number of benzene rings is 18. The van der Waals surface area contributed by atoms with E-state index in [1.54, 1.807) is 12.1 Å². The fourth-order valence-electron chi connectivity index (χ4n) is 15.7. The summed E-state index contributed by atoms with van der Waals surface area (Å²) in [5, 5.41) is 37.8. The van der Waals surface area contributed by atoms with Crippen molar-refractivity contribution in [3.63, 3.8) is 0 Å². The van der Waals surface area contributed by atoms with Gasteiger partial charge in [0.1, 0.15) is 0 Å². The number of hydrogen-bond acceptors (Lipinski definition) is 2. The van der Waals surface area contributed by atoms with Crippen molar-refractivity contribution in [2.75, 3.05) is 0 Å². The van der Waals surface area contributed by atoms with Crippen LogP contribution in [0.3, 0.4) is 0 Å². The van der Waals surface area contributed by atoms with E-state index in [2.05, 4.69) is 359 Å². The Balaban J connectivity index is 0.000000126. The standard InChI is InChI=1S/C48H31N.C38H24BrN.C10H9BO2/c1-2-13-33(14-3-1)47-40-17-6-8-19-42(40)48(43-20-9-7-18-41(43)47)34-24-27-38(28-25-34)49-45-21-11-10-16-39(45)44-31-37(26-29-46(44)49)36-23-22-32-12-4-5-15-35(32)30-36;39-27-20-23-36-34(24-27)29-12-8-9-17-35(29)40(36)28-21-18-26(19-22-28)38-32-15-6-4-13-30(32)37(25-10-2-1-3-11-25)31-14-5-7-16-33(31)38;12-11(13)10-6-5-8-3-1-2-4-9(8)7-10/h1-31H;1-24H;1-7,12-13H. The van der Waals surface area contributed by atoms with E-state index in [1.165, 1.54) is 153 Å². The third-order valence-electron chi connectivity index (χ3n) is 20.3. The molecule has 0 radical (unpaired) electrons. The van der Waals surface area contributed by atoms with Gasteiger partial charge in [0, 0.05) is 37.4 Å². The maximum atomic E-state index is 8.94. The molecule has 18 aromatic carbocycles. The minimum absolute atomic E-state index is 0.527. The van der Waals surface area contributed by atoms with E-state index in [-0.39, 0.29) is 0 Å². The summed E-state index contributed by atoms with van der Waals surface area (Å²) in [5.74, 6) is 0.